The van der Waals surface area contributed by atoms with Gasteiger partial charge in [0.1, 0.15) is 0 Å². The normalized spacial score (nSPS) is 16.9. The monoisotopic (exact) mass is 289 g/mol. The molecule has 0 radical (unpaired) electrons. The van der Waals surface area contributed by atoms with Crippen molar-refractivity contribution in [3.05, 3.63) is 21.8 Å². The second-order valence-electron chi connectivity index (χ2n) is 3.90. The van der Waals surface area contributed by atoms with Crippen LogP contribution in [0.2, 0.25) is 5.02 Å². The molecule has 0 bridgehead atoms. The smallest absolute Gasteiger partial charge is 0.228 e. The van der Waals surface area contributed by atoms with Gasteiger partial charge in [-0.25, -0.2) is 4.98 Å². The van der Waals surface area contributed by atoms with Crippen LogP contribution in [0.1, 0.15) is 25.7 Å². The van der Waals surface area contributed by atoms with Crippen LogP contribution >= 0.6 is 27.5 Å². The van der Waals surface area contributed by atoms with Crippen molar-refractivity contribution in [3.63, 3.8) is 0 Å². The molecule has 1 aliphatic rings. The summed E-state index contributed by atoms with van der Waals surface area (Å²) in [4.78, 5) is 4.14. The first-order chi connectivity index (χ1) is 7.25. The zero-order chi connectivity index (χ0) is 10.7. The van der Waals surface area contributed by atoms with E-state index in [9.17, 15) is 0 Å². The standard InChI is InChI=1S/C11H13BrClNO/c12-10-5-9(13)6-14-11(10)15-7-8-3-1-2-4-8/h5-6,8H,1-4,7H2. The summed E-state index contributed by atoms with van der Waals surface area (Å²) >= 11 is 9.18. The van der Waals surface area contributed by atoms with Gasteiger partial charge in [-0.3, -0.25) is 0 Å². The molecular weight excluding hydrogens is 277 g/mol. The van der Waals surface area contributed by atoms with Gasteiger partial charge < -0.3 is 4.74 Å². The van der Waals surface area contributed by atoms with Gasteiger partial charge >= 0.3 is 0 Å². The maximum Gasteiger partial charge on any atom is 0.228 e. The van der Waals surface area contributed by atoms with E-state index in [-0.39, 0.29) is 0 Å². The zero-order valence-corrected chi connectivity index (χ0v) is 10.7. The van der Waals surface area contributed by atoms with Crippen LogP contribution in [0.4, 0.5) is 0 Å². The molecule has 0 amide bonds. The molecule has 2 nitrogen and oxygen atoms in total. The first-order valence-electron chi connectivity index (χ1n) is 5.19. The number of hydrogen-bond donors (Lipinski definition) is 0. The summed E-state index contributed by atoms with van der Waals surface area (Å²) in [5, 5.41) is 0.620. The Kier molecular flexibility index (Phi) is 3.87. The predicted molar refractivity (Wildman–Crippen MR) is 64.4 cm³/mol. The summed E-state index contributed by atoms with van der Waals surface area (Å²) in [5.41, 5.74) is 0. The van der Waals surface area contributed by atoms with Gasteiger partial charge in [-0.2, -0.15) is 0 Å². The lowest BCUT2D eigenvalue weighted by molar-refractivity contribution is 0.242. The van der Waals surface area contributed by atoms with Gasteiger partial charge in [-0.1, -0.05) is 24.4 Å². The van der Waals surface area contributed by atoms with Crippen molar-refractivity contribution in [2.24, 2.45) is 5.92 Å². The summed E-state index contributed by atoms with van der Waals surface area (Å²) in [6.07, 6.45) is 6.85. The van der Waals surface area contributed by atoms with Crippen LogP contribution in [0.3, 0.4) is 0 Å². The van der Waals surface area contributed by atoms with E-state index in [1.54, 1.807) is 12.3 Å². The molecule has 1 fully saturated rings. The average molecular weight is 291 g/mol. The molecule has 15 heavy (non-hydrogen) atoms. The van der Waals surface area contributed by atoms with Crippen LogP contribution in [0.5, 0.6) is 5.88 Å². The lowest BCUT2D eigenvalue weighted by Gasteiger charge is -2.11. The molecule has 2 rings (SSSR count). The Morgan fingerprint density at radius 2 is 2.20 bits per heavy atom. The molecule has 0 N–H and O–H groups in total. The molecule has 0 aromatic carbocycles. The Morgan fingerprint density at radius 1 is 1.47 bits per heavy atom. The molecule has 0 unspecified atom stereocenters. The van der Waals surface area contributed by atoms with E-state index in [4.69, 9.17) is 16.3 Å². The Balaban J connectivity index is 1.92. The van der Waals surface area contributed by atoms with Gasteiger partial charge in [0, 0.05) is 6.20 Å². The average Bonchev–Trinajstić information content (AvgIpc) is 2.69. The van der Waals surface area contributed by atoms with E-state index in [1.165, 1.54) is 25.7 Å². The maximum absolute atomic E-state index is 5.80. The Morgan fingerprint density at radius 3 is 2.87 bits per heavy atom. The van der Waals surface area contributed by atoms with Gasteiger partial charge in [-0.15, -0.1) is 0 Å². The van der Waals surface area contributed by atoms with Gasteiger partial charge in [0.2, 0.25) is 5.88 Å². The topological polar surface area (TPSA) is 22.1 Å². The number of pyridine rings is 1. The van der Waals surface area contributed by atoms with Crippen LogP contribution in [0.15, 0.2) is 16.7 Å². The number of halogens is 2. The molecule has 1 aromatic rings. The number of rotatable bonds is 3. The van der Waals surface area contributed by atoms with E-state index in [0.29, 0.717) is 16.8 Å². The van der Waals surface area contributed by atoms with Crippen molar-refractivity contribution in [3.8, 4) is 5.88 Å². The summed E-state index contributed by atoms with van der Waals surface area (Å²) in [6, 6.07) is 1.80. The molecule has 1 saturated carbocycles. The Hall–Kier alpha value is -0.280. The minimum Gasteiger partial charge on any atom is -0.477 e. The third kappa shape index (κ3) is 3.08. The molecule has 0 aliphatic heterocycles. The summed E-state index contributed by atoms with van der Waals surface area (Å²) in [7, 11) is 0. The molecule has 1 aliphatic carbocycles. The van der Waals surface area contributed by atoms with E-state index < -0.39 is 0 Å². The van der Waals surface area contributed by atoms with Gasteiger partial charge in [0.25, 0.3) is 0 Å². The van der Waals surface area contributed by atoms with Crippen molar-refractivity contribution in [1.29, 1.82) is 0 Å². The van der Waals surface area contributed by atoms with Gasteiger partial charge in [-0.05, 0) is 40.8 Å². The van der Waals surface area contributed by atoms with Crippen molar-refractivity contribution < 1.29 is 4.74 Å². The van der Waals surface area contributed by atoms with E-state index in [2.05, 4.69) is 20.9 Å². The minimum atomic E-state index is 0.620. The zero-order valence-electron chi connectivity index (χ0n) is 8.38. The molecular formula is C11H13BrClNO. The molecule has 0 saturated heterocycles. The highest BCUT2D eigenvalue weighted by Crippen LogP contribution is 2.28. The van der Waals surface area contributed by atoms with Crippen molar-refractivity contribution >= 4 is 27.5 Å². The van der Waals surface area contributed by atoms with Gasteiger partial charge in [0.05, 0.1) is 16.1 Å². The van der Waals surface area contributed by atoms with Crippen molar-refractivity contribution in [2.45, 2.75) is 25.7 Å². The lowest BCUT2D eigenvalue weighted by Crippen LogP contribution is -2.09. The molecule has 4 heteroatoms. The minimum absolute atomic E-state index is 0.620. The number of ether oxygens (including phenoxy) is 1. The third-order valence-electron chi connectivity index (χ3n) is 2.70. The van der Waals surface area contributed by atoms with E-state index in [0.717, 1.165) is 11.1 Å². The van der Waals surface area contributed by atoms with Crippen LogP contribution < -0.4 is 4.74 Å². The molecule has 82 valence electrons. The predicted octanol–water partition coefficient (Wildman–Crippen LogP) is 4.07. The second kappa shape index (κ2) is 5.17. The highest BCUT2D eigenvalue weighted by atomic mass is 79.9. The molecule has 1 aromatic heterocycles. The summed E-state index contributed by atoms with van der Waals surface area (Å²) < 4.78 is 6.49. The first-order valence-corrected chi connectivity index (χ1v) is 6.36. The fraction of sp³-hybridized carbons (Fsp3) is 0.545. The SMILES string of the molecule is Clc1cnc(OCC2CCCC2)c(Br)c1. The Bertz CT molecular complexity index is 339. The largest absolute Gasteiger partial charge is 0.477 e. The highest BCUT2D eigenvalue weighted by Gasteiger charge is 2.16. The van der Waals surface area contributed by atoms with E-state index in [1.807, 2.05) is 0 Å². The Labute approximate surface area is 103 Å². The fourth-order valence-corrected chi connectivity index (χ4v) is 2.64. The fourth-order valence-electron chi connectivity index (χ4n) is 1.88. The molecule has 1 heterocycles. The van der Waals surface area contributed by atoms with Crippen LogP contribution in [-0.4, -0.2) is 11.6 Å². The highest BCUT2D eigenvalue weighted by molar-refractivity contribution is 9.10. The van der Waals surface area contributed by atoms with Crippen LogP contribution in [0, 0.1) is 5.92 Å². The number of aromatic nitrogens is 1. The van der Waals surface area contributed by atoms with E-state index >= 15 is 0 Å². The van der Waals surface area contributed by atoms with Crippen molar-refractivity contribution in [2.75, 3.05) is 6.61 Å². The molecule has 0 atom stereocenters. The number of hydrogen-bond acceptors (Lipinski definition) is 2. The first kappa shape index (κ1) is 11.2. The summed E-state index contributed by atoms with van der Waals surface area (Å²) in [6.45, 7) is 0.771. The van der Waals surface area contributed by atoms with Crippen LogP contribution in [-0.2, 0) is 0 Å². The lowest BCUT2D eigenvalue weighted by atomic mass is 10.1. The second-order valence-corrected chi connectivity index (χ2v) is 5.19. The van der Waals surface area contributed by atoms with Gasteiger partial charge in [0.15, 0.2) is 0 Å². The van der Waals surface area contributed by atoms with Crippen molar-refractivity contribution in [1.82, 2.24) is 4.98 Å². The summed E-state index contributed by atoms with van der Waals surface area (Å²) in [5.74, 6) is 1.35. The van der Waals surface area contributed by atoms with Crippen LogP contribution in [0.25, 0.3) is 0 Å². The third-order valence-corrected chi connectivity index (χ3v) is 3.48. The maximum atomic E-state index is 5.80. The number of nitrogens with zero attached hydrogens (tertiary/aromatic N) is 1. The molecule has 0 spiro atoms. The quantitative estimate of drug-likeness (QED) is 0.837.